The van der Waals surface area contributed by atoms with Crippen LogP contribution in [-0.2, 0) is 10.0 Å². The summed E-state index contributed by atoms with van der Waals surface area (Å²) in [5.41, 5.74) is 5.04. The van der Waals surface area contributed by atoms with Crippen molar-refractivity contribution in [1.29, 1.82) is 0 Å². The molecule has 37 heavy (non-hydrogen) atoms. The van der Waals surface area contributed by atoms with Gasteiger partial charge in [0.2, 0.25) is 0 Å². The van der Waals surface area contributed by atoms with Crippen molar-refractivity contribution in [2.75, 3.05) is 10.0 Å². The molecule has 2 heterocycles. The van der Waals surface area contributed by atoms with E-state index in [1.807, 2.05) is 54.8 Å². The van der Waals surface area contributed by atoms with Gasteiger partial charge in [-0.25, -0.2) is 13.4 Å². The summed E-state index contributed by atoms with van der Waals surface area (Å²) in [7, 11) is -3.90. The van der Waals surface area contributed by atoms with E-state index in [9.17, 15) is 13.2 Å². The summed E-state index contributed by atoms with van der Waals surface area (Å²) in [5, 5.41) is 5.03. The highest BCUT2D eigenvalue weighted by Gasteiger charge is 2.20. The van der Waals surface area contributed by atoms with E-state index in [4.69, 9.17) is 0 Å². The van der Waals surface area contributed by atoms with Crippen LogP contribution in [0.5, 0.6) is 0 Å². The number of nitrogens with zero attached hydrogens (tertiary/aromatic N) is 2. The van der Waals surface area contributed by atoms with Crippen LogP contribution in [-0.4, -0.2) is 24.3 Å². The molecule has 5 rings (SSSR count). The number of thiazole rings is 1. The lowest BCUT2D eigenvalue weighted by atomic mass is 10.0. The number of hydrogen-bond acceptors (Lipinski definition) is 6. The van der Waals surface area contributed by atoms with E-state index < -0.39 is 15.9 Å². The van der Waals surface area contributed by atoms with E-state index in [2.05, 4.69) is 32.1 Å². The summed E-state index contributed by atoms with van der Waals surface area (Å²) >= 11 is 1.29. The monoisotopic (exact) mass is 526 g/mol. The summed E-state index contributed by atoms with van der Waals surface area (Å²) in [6, 6.07) is 26.0. The Morgan fingerprint density at radius 1 is 0.838 bits per heavy atom. The van der Waals surface area contributed by atoms with Crippen molar-refractivity contribution in [3.8, 4) is 22.4 Å². The molecule has 5 aromatic rings. The van der Waals surface area contributed by atoms with Gasteiger partial charge in [0.15, 0.2) is 5.13 Å². The Labute approximate surface area is 218 Å². The van der Waals surface area contributed by atoms with Crippen LogP contribution in [0.3, 0.4) is 0 Å². The van der Waals surface area contributed by atoms with Crippen LogP contribution in [0.25, 0.3) is 22.4 Å². The Morgan fingerprint density at radius 2 is 1.51 bits per heavy atom. The number of aryl methyl sites for hydroxylation is 1. The van der Waals surface area contributed by atoms with Crippen molar-refractivity contribution in [2.45, 2.75) is 11.8 Å². The van der Waals surface area contributed by atoms with Crippen LogP contribution < -0.4 is 10.0 Å². The maximum atomic E-state index is 13.0. The summed E-state index contributed by atoms with van der Waals surface area (Å²) in [6.07, 6.45) is 2.74. The topological polar surface area (TPSA) is 101 Å². The molecule has 184 valence electrons. The molecule has 0 aliphatic rings. The molecule has 0 unspecified atom stereocenters. The minimum atomic E-state index is -3.90. The largest absolute Gasteiger partial charge is 0.298 e. The predicted molar refractivity (Wildman–Crippen MR) is 147 cm³/mol. The van der Waals surface area contributed by atoms with E-state index in [1.165, 1.54) is 41.9 Å². The van der Waals surface area contributed by atoms with Gasteiger partial charge in [-0.2, -0.15) is 0 Å². The molecule has 0 saturated heterocycles. The van der Waals surface area contributed by atoms with Crippen molar-refractivity contribution < 1.29 is 13.2 Å². The maximum Gasteiger partial charge on any atom is 0.261 e. The first-order valence-electron chi connectivity index (χ1n) is 11.4. The molecule has 0 saturated carbocycles. The lowest BCUT2D eigenvalue weighted by Crippen LogP contribution is -2.19. The highest BCUT2D eigenvalue weighted by atomic mass is 32.2. The van der Waals surface area contributed by atoms with Crippen LogP contribution in [0.15, 0.2) is 108 Å². The lowest BCUT2D eigenvalue weighted by molar-refractivity contribution is 0.102. The number of carbonyl (C=O) groups is 1. The van der Waals surface area contributed by atoms with Crippen molar-refractivity contribution >= 4 is 38.1 Å². The van der Waals surface area contributed by atoms with Crippen molar-refractivity contribution in [2.24, 2.45) is 0 Å². The van der Waals surface area contributed by atoms with Crippen LogP contribution >= 0.6 is 11.3 Å². The zero-order valence-electron chi connectivity index (χ0n) is 19.8. The molecule has 0 fully saturated rings. The molecular weight excluding hydrogens is 504 g/mol. The first-order valence-corrected chi connectivity index (χ1v) is 13.7. The fourth-order valence-corrected chi connectivity index (χ4v) is 5.47. The summed E-state index contributed by atoms with van der Waals surface area (Å²) in [5.74, 6) is -0.496. The van der Waals surface area contributed by atoms with Gasteiger partial charge in [-0.05, 0) is 36.2 Å². The SMILES string of the molecule is Cc1ccc(S(=O)(=O)Nc2cnccc2C(=O)Nc2nc(-c3ccc(-c4ccccc4)cc3)cs2)cc1. The molecule has 0 radical (unpaired) electrons. The van der Waals surface area contributed by atoms with E-state index in [0.29, 0.717) is 5.13 Å². The van der Waals surface area contributed by atoms with E-state index in [-0.39, 0.29) is 16.1 Å². The lowest BCUT2D eigenvalue weighted by Gasteiger charge is -2.12. The Bertz CT molecular complexity index is 1650. The van der Waals surface area contributed by atoms with Crippen LogP contribution in [0.1, 0.15) is 15.9 Å². The number of benzene rings is 3. The Hall–Kier alpha value is -4.34. The van der Waals surface area contributed by atoms with Crippen LogP contribution in [0.4, 0.5) is 10.8 Å². The van der Waals surface area contributed by atoms with Crippen LogP contribution in [0.2, 0.25) is 0 Å². The van der Waals surface area contributed by atoms with Gasteiger partial charge < -0.3 is 0 Å². The number of aromatic nitrogens is 2. The minimum Gasteiger partial charge on any atom is -0.298 e. The average molecular weight is 527 g/mol. The molecule has 0 aliphatic carbocycles. The third kappa shape index (κ3) is 5.58. The fraction of sp³-hybridized carbons (Fsp3) is 0.0357. The summed E-state index contributed by atoms with van der Waals surface area (Å²) < 4.78 is 28.2. The van der Waals surface area contributed by atoms with Gasteiger partial charge in [-0.3, -0.25) is 19.8 Å². The van der Waals surface area contributed by atoms with Gasteiger partial charge in [0.1, 0.15) is 0 Å². The minimum absolute atomic E-state index is 0.0776. The molecule has 9 heteroatoms. The number of hydrogen-bond donors (Lipinski definition) is 2. The van der Waals surface area contributed by atoms with Gasteiger partial charge in [0.05, 0.1) is 28.0 Å². The second kappa shape index (κ2) is 10.3. The van der Waals surface area contributed by atoms with E-state index in [1.54, 1.807) is 12.1 Å². The molecule has 7 nitrogen and oxygen atoms in total. The number of anilines is 2. The third-order valence-corrected chi connectivity index (χ3v) is 7.79. The smallest absolute Gasteiger partial charge is 0.261 e. The molecule has 3 aromatic carbocycles. The highest BCUT2D eigenvalue weighted by molar-refractivity contribution is 7.92. The first-order chi connectivity index (χ1) is 17.9. The summed E-state index contributed by atoms with van der Waals surface area (Å²) in [6.45, 7) is 1.87. The standard InChI is InChI=1S/C28H22N4O3S2/c1-19-7-13-23(14-8-19)37(34,35)32-25-17-29-16-15-24(25)27(33)31-28-30-26(18-36-28)22-11-9-21(10-12-22)20-5-3-2-4-6-20/h2-18,32H,1H3,(H,30,31,33). The second-order valence-electron chi connectivity index (χ2n) is 8.28. The number of nitrogens with one attached hydrogen (secondary N) is 2. The second-order valence-corrected chi connectivity index (χ2v) is 10.8. The Kier molecular flexibility index (Phi) is 6.80. The zero-order chi connectivity index (χ0) is 25.8. The van der Waals surface area contributed by atoms with E-state index in [0.717, 1.165) is 27.9 Å². The molecule has 2 aromatic heterocycles. The van der Waals surface area contributed by atoms with Gasteiger partial charge in [0.25, 0.3) is 15.9 Å². The molecule has 0 bridgehead atoms. The molecule has 1 amide bonds. The van der Waals surface area contributed by atoms with Gasteiger partial charge in [0, 0.05) is 17.1 Å². The molecule has 2 N–H and O–H groups in total. The number of carbonyl (C=O) groups excluding carboxylic acids is 1. The van der Waals surface area contributed by atoms with Gasteiger partial charge >= 0.3 is 0 Å². The zero-order valence-corrected chi connectivity index (χ0v) is 21.4. The molecule has 0 spiro atoms. The maximum absolute atomic E-state index is 13.0. The first kappa shape index (κ1) is 24.4. The molecular formula is C28H22N4O3S2. The number of rotatable bonds is 7. The van der Waals surface area contributed by atoms with E-state index >= 15 is 0 Å². The molecule has 0 aliphatic heterocycles. The van der Waals surface area contributed by atoms with Crippen molar-refractivity contribution in [1.82, 2.24) is 9.97 Å². The normalized spacial score (nSPS) is 11.2. The number of pyridine rings is 1. The summed E-state index contributed by atoms with van der Waals surface area (Å²) in [4.78, 5) is 21.7. The quantitative estimate of drug-likeness (QED) is 0.262. The van der Waals surface area contributed by atoms with Crippen molar-refractivity contribution in [3.05, 3.63) is 114 Å². The predicted octanol–water partition coefficient (Wildman–Crippen LogP) is 6.23. The Balaban J connectivity index is 1.32. The Morgan fingerprint density at radius 3 is 2.24 bits per heavy atom. The number of amides is 1. The number of sulfonamides is 1. The average Bonchev–Trinajstić information content (AvgIpc) is 3.38. The van der Waals surface area contributed by atoms with Gasteiger partial charge in [-0.1, -0.05) is 72.3 Å². The van der Waals surface area contributed by atoms with Crippen molar-refractivity contribution in [3.63, 3.8) is 0 Å². The van der Waals surface area contributed by atoms with Gasteiger partial charge in [-0.15, -0.1) is 11.3 Å². The third-order valence-electron chi connectivity index (χ3n) is 5.65. The van der Waals surface area contributed by atoms with Crippen LogP contribution in [0, 0.1) is 6.92 Å². The molecule has 0 atom stereocenters. The fourth-order valence-electron chi connectivity index (χ4n) is 3.69. The highest BCUT2D eigenvalue weighted by Crippen LogP contribution is 2.28.